The van der Waals surface area contributed by atoms with Crippen LogP contribution < -0.4 is 5.40 Å². The van der Waals surface area contributed by atoms with Gasteiger partial charge in [-0.3, -0.25) is 0 Å². The largest absolute Gasteiger partial charge is 0.406 e. The van der Waals surface area contributed by atoms with Gasteiger partial charge in [-0.1, -0.05) is 5.70 Å². The third kappa shape index (κ3) is 2.13. The molecule has 6 heavy (non-hydrogen) atoms. The van der Waals surface area contributed by atoms with E-state index in [9.17, 15) is 0 Å². The molecule has 0 saturated carbocycles. The summed E-state index contributed by atoms with van der Waals surface area (Å²) in [5, 5.41) is 5.27. The first-order valence-corrected chi connectivity index (χ1v) is 3.52. The van der Waals surface area contributed by atoms with Crippen molar-refractivity contribution >= 4 is 9.20 Å². The fraction of sp³-hybridized carbons (Fsp3) is 0.333. The molecular weight excluding hydrogens is 94.1 g/mol. The maximum absolute atomic E-state index is 5.27. The Morgan fingerprint density at radius 2 is 2.50 bits per heavy atom. The molecule has 0 fully saturated rings. The van der Waals surface area contributed by atoms with Gasteiger partial charge in [-0.25, -0.2) is 0 Å². The highest BCUT2D eigenvalue weighted by molar-refractivity contribution is 6.53. The standard InChI is InChI=1S/C3H9NOSi/c1-3-6(4)5-2/h3,6H,1,4H2,2H3. The summed E-state index contributed by atoms with van der Waals surface area (Å²) in [7, 11) is 0.199. The molecule has 0 aliphatic heterocycles. The van der Waals surface area contributed by atoms with Gasteiger partial charge in [-0.15, -0.1) is 6.58 Å². The maximum atomic E-state index is 5.27. The molecule has 0 heterocycles. The molecule has 1 unspecified atom stereocenters. The number of hydrogen-bond donors (Lipinski definition) is 1. The predicted molar refractivity (Wildman–Crippen MR) is 28.5 cm³/mol. The second-order valence-corrected chi connectivity index (χ2v) is 2.81. The third-order valence-corrected chi connectivity index (χ3v) is 1.51. The SMILES string of the molecule is C=C[SiH](N)OC. The summed E-state index contributed by atoms with van der Waals surface area (Å²) in [6.45, 7) is 3.44. The molecule has 36 valence electrons. The van der Waals surface area contributed by atoms with Gasteiger partial charge in [0.05, 0.1) is 0 Å². The Labute approximate surface area is 39.4 Å². The van der Waals surface area contributed by atoms with E-state index in [4.69, 9.17) is 9.83 Å². The molecular formula is C3H9NOSi. The van der Waals surface area contributed by atoms with E-state index in [1.165, 1.54) is 0 Å². The summed E-state index contributed by atoms with van der Waals surface area (Å²) in [6, 6.07) is 0. The van der Waals surface area contributed by atoms with Crippen LogP contribution in [0.4, 0.5) is 0 Å². The fourth-order valence-electron chi connectivity index (χ4n) is 0.0962. The van der Waals surface area contributed by atoms with Crippen LogP contribution in [0.2, 0.25) is 0 Å². The van der Waals surface area contributed by atoms with Crippen molar-refractivity contribution in [3.05, 3.63) is 12.3 Å². The summed E-state index contributed by atoms with van der Waals surface area (Å²) in [6.07, 6.45) is 0. The normalized spacial score (nSPS) is 13.7. The van der Waals surface area contributed by atoms with Crippen molar-refractivity contribution in [2.75, 3.05) is 7.11 Å². The molecule has 0 aromatic heterocycles. The van der Waals surface area contributed by atoms with Gasteiger partial charge in [-0.05, 0) is 0 Å². The average Bonchev–Trinajstić information content (AvgIpc) is 1.65. The molecule has 0 spiro atoms. The van der Waals surface area contributed by atoms with Gasteiger partial charge >= 0.3 is 0 Å². The zero-order chi connectivity index (χ0) is 4.99. The third-order valence-electron chi connectivity index (χ3n) is 0.504. The monoisotopic (exact) mass is 103 g/mol. The first kappa shape index (κ1) is 5.88. The van der Waals surface area contributed by atoms with E-state index in [2.05, 4.69) is 6.58 Å². The molecule has 0 aromatic rings. The summed E-state index contributed by atoms with van der Waals surface area (Å²) in [5.41, 5.74) is 1.67. The molecule has 1 atom stereocenters. The van der Waals surface area contributed by atoms with Crippen LogP contribution >= 0.6 is 0 Å². The average molecular weight is 103 g/mol. The van der Waals surface area contributed by atoms with Crippen LogP contribution in [0.25, 0.3) is 0 Å². The lowest BCUT2D eigenvalue weighted by atomic mass is 11.3. The van der Waals surface area contributed by atoms with E-state index in [1.54, 1.807) is 12.8 Å². The van der Waals surface area contributed by atoms with Gasteiger partial charge < -0.3 is 9.83 Å². The lowest BCUT2D eigenvalue weighted by Crippen LogP contribution is -2.24. The van der Waals surface area contributed by atoms with Crippen LogP contribution in [-0.4, -0.2) is 16.3 Å². The van der Waals surface area contributed by atoms with Crippen molar-refractivity contribution < 1.29 is 4.43 Å². The second kappa shape index (κ2) is 3.08. The maximum Gasteiger partial charge on any atom is 0.274 e. The first-order chi connectivity index (χ1) is 2.81. The Morgan fingerprint density at radius 1 is 2.00 bits per heavy atom. The van der Waals surface area contributed by atoms with Crippen molar-refractivity contribution in [3.8, 4) is 0 Å². The minimum absolute atomic E-state index is 1.40. The molecule has 0 aliphatic rings. The van der Waals surface area contributed by atoms with Crippen LogP contribution in [0, 0.1) is 0 Å². The van der Waals surface area contributed by atoms with E-state index in [0.717, 1.165) is 0 Å². The molecule has 0 aliphatic carbocycles. The quantitative estimate of drug-likeness (QED) is 0.480. The highest BCUT2D eigenvalue weighted by Crippen LogP contribution is 1.67. The van der Waals surface area contributed by atoms with E-state index in [-0.39, 0.29) is 0 Å². The topological polar surface area (TPSA) is 35.2 Å². The van der Waals surface area contributed by atoms with E-state index in [0.29, 0.717) is 0 Å². The van der Waals surface area contributed by atoms with Crippen LogP contribution in [0.15, 0.2) is 12.3 Å². The molecule has 0 aromatic carbocycles. The van der Waals surface area contributed by atoms with Crippen molar-refractivity contribution in [1.29, 1.82) is 0 Å². The number of rotatable bonds is 2. The molecule has 3 heteroatoms. The van der Waals surface area contributed by atoms with Crippen LogP contribution in [0.3, 0.4) is 0 Å². The highest BCUT2D eigenvalue weighted by atomic mass is 28.3. The molecule has 0 amide bonds. The lowest BCUT2D eigenvalue weighted by molar-refractivity contribution is 0.430. The molecule has 0 saturated heterocycles. The smallest absolute Gasteiger partial charge is 0.274 e. The Morgan fingerprint density at radius 3 is 2.50 bits per heavy atom. The van der Waals surface area contributed by atoms with Gasteiger partial charge in [-0.2, -0.15) is 0 Å². The van der Waals surface area contributed by atoms with Gasteiger partial charge in [0.1, 0.15) is 0 Å². The van der Waals surface area contributed by atoms with Gasteiger partial charge in [0.25, 0.3) is 9.20 Å². The van der Waals surface area contributed by atoms with Crippen molar-refractivity contribution in [2.24, 2.45) is 5.40 Å². The fourth-order valence-corrected chi connectivity index (χ4v) is 0.289. The summed E-state index contributed by atoms with van der Waals surface area (Å²) in [4.78, 5) is 0. The van der Waals surface area contributed by atoms with Crippen LogP contribution in [0.1, 0.15) is 0 Å². The Hall–Kier alpha value is -0.123. The van der Waals surface area contributed by atoms with Crippen LogP contribution in [-0.2, 0) is 4.43 Å². The minimum Gasteiger partial charge on any atom is -0.406 e. The molecule has 0 radical (unpaired) electrons. The first-order valence-electron chi connectivity index (χ1n) is 1.72. The molecule has 2 N–H and O–H groups in total. The summed E-state index contributed by atoms with van der Waals surface area (Å²) in [5.74, 6) is 0. The van der Waals surface area contributed by atoms with Crippen molar-refractivity contribution in [2.45, 2.75) is 0 Å². The van der Waals surface area contributed by atoms with E-state index in [1.807, 2.05) is 0 Å². The predicted octanol–water partition coefficient (Wildman–Crippen LogP) is -0.463. The summed E-state index contributed by atoms with van der Waals surface area (Å²) >= 11 is 0. The molecule has 0 rings (SSSR count). The Kier molecular flexibility index (Phi) is 3.02. The van der Waals surface area contributed by atoms with Gasteiger partial charge in [0, 0.05) is 7.11 Å². The zero-order valence-corrected chi connectivity index (χ0v) is 5.00. The van der Waals surface area contributed by atoms with Crippen molar-refractivity contribution in [3.63, 3.8) is 0 Å². The minimum atomic E-state index is -1.40. The summed E-state index contributed by atoms with van der Waals surface area (Å²) < 4.78 is 4.70. The molecule has 2 nitrogen and oxygen atoms in total. The van der Waals surface area contributed by atoms with E-state index < -0.39 is 9.20 Å². The van der Waals surface area contributed by atoms with E-state index >= 15 is 0 Å². The number of nitrogens with two attached hydrogens (primary N) is 1. The zero-order valence-electron chi connectivity index (χ0n) is 3.85. The Balaban J connectivity index is 2.96. The number of hydrogen-bond acceptors (Lipinski definition) is 2. The highest BCUT2D eigenvalue weighted by Gasteiger charge is 1.89. The van der Waals surface area contributed by atoms with Gasteiger partial charge in [0.15, 0.2) is 0 Å². The Bertz CT molecular complexity index is 48.1. The van der Waals surface area contributed by atoms with Crippen LogP contribution in [0.5, 0.6) is 0 Å². The van der Waals surface area contributed by atoms with Crippen molar-refractivity contribution in [1.82, 2.24) is 0 Å². The van der Waals surface area contributed by atoms with Gasteiger partial charge in [0.2, 0.25) is 0 Å². The lowest BCUT2D eigenvalue weighted by Gasteiger charge is -1.94. The second-order valence-electron chi connectivity index (χ2n) is 0.936. The molecule has 0 bridgehead atoms.